The Balaban J connectivity index is 1.85. The Labute approximate surface area is 193 Å². The van der Waals surface area contributed by atoms with Gasteiger partial charge in [0, 0.05) is 24.2 Å². The summed E-state index contributed by atoms with van der Waals surface area (Å²) in [5, 5.41) is 0.527. The Morgan fingerprint density at radius 1 is 1.06 bits per heavy atom. The maximum Gasteiger partial charge on any atom is 0.414 e. The van der Waals surface area contributed by atoms with E-state index in [1.165, 1.54) is 12.0 Å². The smallest absolute Gasteiger partial charge is 0.414 e. The number of hydrogen-bond donors (Lipinski definition) is 0. The Kier molecular flexibility index (Phi) is 7.09. The van der Waals surface area contributed by atoms with Gasteiger partial charge in [0.2, 0.25) is 0 Å². The third-order valence-electron chi connectivity index (χ3n) is 4.90. The molecule has 0 aliphatic rings. The van der Waals surface area contributed by atoms with Gasteiger partial charge in [0.05, 0.1) is 12.7 Å². The molecule has 0 fully saturated rings. The number of amides is 1. The third kappa shape index (κ3) is 5.60. The summed E-state index contributed by atoms with van der Waals surface area (Å²) in [6.07, 6.45) is -0.0441. The minimum atomic E-state index is -0.572. The van der Waals surface area contributed by atoms with Gasteiger partial charge in [0.15, 0.2) is 0 Å². The second kappa shape index (κ2) is 9.61. The highest BCUT2D eigenvalue weighted by atomic mass is 35.5. The fourth-order valence-electron chi connectivity index (χ4n) is 3.31. The number of benzene rings is 3. The Morgan fingerprint density at radius 2 is 1.75 bits per heavy atom. The standard InChI is InChI=1S/C26H27ClFNO3/c1-26(2,3)32-25(30)29(4)21-12-9-17(10-13-21)15-19-11-14-22(31-5)23(24(19)28)18-7-6-8-20(27)16-18/h6-14,16H,15H2,1-5H3. The summed E-state index contributed by atoms with van der Waals surface area (Å²) >= 11 is 6.11. The summed E-state index contributed by atoms with van der Waals surface area (Å²) in [4.78, 5) is 13.7. The molecule has 4 nitrogen and oxygen atoms in total. The summed E-state index contributed by atoms with van der Waals surface area (Å²) in [7, 11) is 3.17. The van der Waals surface area contributed by atoms with Crippen LogP contribution in [0.1, 0.15) is 31.9 Å². The van der Waals surface area contributed by atoms with Crippen LogP contribution in [0.4, 0.5) is 14.9 Å². The van der Waals surface area contributed by atoms with Crippen LogP contribution in [0.15, 0.2) is 60.7 Å². The van der Waals surface area contributed by atoms with Crippen molar-refractivity contribution in [2.24, 2.45) is 0 Å². The first kappa shape index (κ1) is 23.6. The van der Waals surface area contributed by atoms with Crippen LogP contribution in [0.25, 0.3) is 11.1 Å². The first-order valence-corrected chi connectivity index (χ1v) is 10.6. The molecule has 0 spiro atoms. The number of nitrogens with zero attached hydrogens (tertiary/aromatic N) is 1. The van der Waals surface area contributed by atoms with E-state index in [0.717, 1.165) is 5.56 Å². The molecule has 0 aliphatic heterocycles. The molecule has 0 heterocycles. The number of carbonyl (C=O) groups is 1. The Morgan fingerprint density at radius 3 is 2.34 bits per heavy atom. The van der Waals surface area contributed by atoms with E-state index in [-0.39, 0.29) is 5.82 Å². The lowest BCUT2D eigenvalue weighted by Gasteiger charge is -2.24. The highest BCUT2D eigenvalue weighted by Gasteiger charge is 2.21. The van der Waals surface area contributed by atoms with Crippen LogP contribution in [0, 0.1) is 5.82 Å². The summed E-state index contributed by atoms with van der Waals surface area (Å²) in [5.41, 5.74) is 2.61. The van der Waals surface area contributed by atoms with Crippen LogP contribution in [-0.4, -0.2) is 25.9 Å². The first-order chi connectivity index (χ1) is 15.1. The molecule has 0 bridgehead atoms. The molecule has 0 saturated heterocycles. The zero-order valence-electron chi connectivity index (χ0n) is 18.9. The topological polar surface area (TPSA) is 38.8 Å². The molecule has 0 radical (unpaired) electrons. The molecule has 0 saturated carbocycles. The summed E-state index contributed by atoms with van der Waals surface area (Å²) in [5.74, 6) is 0.101. The van der Waals surface area contributed by atoms with Gasteiger partial charge in [-0.05, 0) is 67.8 Å². The van der Waals surface area contributed by atoms with Crippen molar-refractivity contribution in [2.45, 2.75) is 32.8 Å². The maximum absolute atomic E-state index is 15.5. The summed E-state index contributed by atoms with van der Waals surface area (Å²) in [6, 6.07) is 17.9. The van der Waals surface area contributed by atoms with Gasteiger partial charge < -0.3 is 9.47 Å². The summed E-state index contributed by atoms with van der Waals surface area (Å²) < 4.78 is 26.3. The number of ether oxygens (including phenoxy) is 2. The largest absolute Gasteiger partial charge is 0.496 e. The van der Waals surface area contributed by atoms with E-state index in [2.05, 4.69) is 0 Å². The molecular formula is C26H27ClFNO3. The molecule has 32 heavy (non-hydrogen) atoms. The van der Waals surface area contributed by atoms with E-state index in [4.69, 9.17) is 21.1 Å². The van der Waals surface area contributed by atoms with Gasteiger partial charge in [-0.3, -0.25) is 4.90 Å². The van der Waals surface area contributed by atoms with Crippen LogP contribution in [0.5, 0.6) is 5.75 Å². The van der Waals surface area contributed by atoms with Gasteiger partial charge in [0.1, 0.15) is 17.2 Å². The lowest BCUT2D eigenvalue weighted by Crippen LogP contribution is -2.34. The van der Waals surface area contributed by atoms with Crippen LogP contribution >= 0.6 is 11.6 Å². The van der Waals surface area contributed by atoms with Gasteiger partial charge in [-0.1, -0.05) is 41.9 Å². The molecule has 3 rings (SSSR count). The van der Waals surface area contributed by atoms with E-state index in [1.54, 1.807) is 43.4 Å². The van der Waals surface area contributed by atoms with Gasteiger partial charge in [-0.2, -0.15) is 0 Å². The average Bonchev–Trinajstić information content (AvgIpc) is 2.73. The molecule has 0 unspecified atom stereocenters. The predicted octanol–water partition coefficient (Wildman–Crippen LogP) is 7.12. The van der Waals surface area contributed by atoms with Crippen molar-refractivity contribution in [3.05, 3.63) is 82.6 Å². The van der Waals surface area contributed by atoms with Gasteiger partial charge >= 0.3 is 6.09 Å². The van der Waals surface area contributed by atoms with Crippen molar-refractivity contribution in [3.63, 3.8) is 0 Å². The van der Waals surface area contributed by atoms with Gasteiger partial charge in [-0.15, -0.1) is 0 Å². The van der Waals surface area contributed by atoms with Crippen LogP contribution in [0.2, 0.25) is 5.02 Å². The van der Waals surface area contributed by atoms with Crippen molar-refractivity contribution in [1.82, 2.24) is 0 Å². The normalized spacial score (nSPS) is 11.2. The molecule has 0 N–H and O–H groups in total. The van der Waals surface area contributed by atoms with Crippen molar-refractivity contribution in [3.8, 4) is 16.9 Å². The fourth-order valence-corrected chi connectivity index (χ4v) is 3.50. The highest BCUT2D eigenvalue weighted by molar-refractivity contribution is 6.30. The third-order valence-corrected chi connectivity index (χ3v) is 5.14. The average molecular weight is 456 g/mol. The minimum Gasteiger partial charge on any atom is -0.496 e. The molecule has 6 heteroatoms. The lowest BCUT2D eigenvalue weighted by molar-refractivity contribution is 0.0589. The van der Waals surface area contributed by atoms with E-state index in [9.17, 15) is 4.79 Å². The molecule has 1 amide bonds. The zero-order valence-corrected chi connectivity index (χ0v) is 19.7. The summed E-state index contributed by atoms with van der Waals surface area (Å²) in [6.45, 7) is 5.47. The van der Waals surface area contributed by atoms with Gasteiger partial charge in [-0.25, -0.2) is 9.18 Å². The van der Waals surface area contributed by atoms with Crippen molar-refractivity contribution in [2.75, 3.05) is 19.1 Å². The predicted molar refractivity (Wildman–Crippen MR) is 127 cm³/mol. The highest BCUT2D eigenvalue weighted by Crippen LogP contribution is 2.36. The number of carbonyl (C=O) groups excluding carboxylic acids is 1. The molecular weight excluding hydrogens is 429 g/mol. The number of rotatable bonds is 5. The van der Waals surface area contributed by atoms with E-state index in [0.29, 0.717) is 39.6 Å². The SMILES string of the molecule is COc1ccc(Cc2ccc(N(C)C(=O)OC(C)(C)C)cc2)c(F)c1-c1cccc(Cl)c1. The lowest BCUT2D eigenvalue weighted by atomic mass is 9.97. The molecule has 0 aliphatic carbocycles. The van der Waals surface area contributed by atoms with Crippen LogP contribution < -0.4 is 9.64 Å². The van der Waals surface area contributed by atoms with Gasteiger partial charge in [0.25, 0.3) is 0 Å². The first-order valence-electron chi connectivity index (χ1n) is 10.3. The Hall–Kier alpha value is -3.05. The monoisotopic (exact) mass is 455 g/mol. The molecule has 168 valence electrons. The second-order valence-corrected chi connectivity index (χ2v) is 8.95. The van der Waals surface area contributed by atoms with Crippen molar-refractivity contribution in [1.29, 1.82) is 0 Å². The maximum atomic E-state index is 15.5. The number of methoxy groups -OCH3 is 1. The van der Waals surface area contributed by atoms with E-state index in [1.807, 2.05) is 45.0 Å². The van der Waals surface area contributed by atoms with Crippen LogP contribution in [-0.2, 0) is 11.2 Å². The van der Waals surface area contributed by atoms with E-state index < -0.39 is 11.7 Å². The molecule has 0 atom stereocenters. The molecule has 3 aromatic rings. The zero-order chi connectivity index (χ0) is 23.5. The van der Waals surface area contributed by atoms with Crippen LogP contribution in [0.3, 0.4) is 0 Å². The minimum absolute atomic E-state index is 0.346. The Bertz CT molecular complexity index is 1110. The molecule has 0 aromatic heterocycles. The molecule has 3 aromatic carbocycles. The fraction of sp³-hybridized carbons (Fsp3) is 0.269. The number of halogens is 2. The second-order valence-electron chi connectivity index (χ2n) is 8.51. The van der Waals surface area contributed by atoms with Crippen molar-refractivity contribution < 1.29 is 18.7 Å². The van der Waals surface area contributed by atoms with Crippen molar-refractivity contribution >= 4 is 23.4 Å². The number of hydrogen-bond acceptors (Lipinski definition) is 3. The quantitative estimate of drug-likeness (QED) is 0.411. The van der Waals surface area contributed by atoms with E-state index >= 15 is 4.39 Å². The number of anilines is 1.